The fourth-order valence-corrected chi connectivity index (χ4v) is 3.23. The summed E-state index contributed by atoms with van der Waals surface area (Å²) in [4.78, 5) is 24.5. The zero-order valence-electron chi connectivity index (χ0n) is 16.1. The van der Waals surface area contributed by atoms with Gasteiger partial charge in [0.2, 0.25) is 0 Å². The summed E-state index contributed by atoms with van der Waals surface area (Å²) in [5, 5.41) is 15.1. The molecule has 1 fully saturated rings. The van der Waals surface area contributed by atoms with Crippen LogP contribution in [0.2, 0.25) is 0 Å². The fourth-order valence-electron chi connectivity index (χ4n) is 3.23. The number of anilines is 1. The van der Waals surface area contributed by atoms with E-state index in [0.717, 1.165) is 25.7 Å². The van der Waals surface area contributed by atoms with E-state index in [1.54, 1.807) is 36.4 Å². The Kier molecular flexibility index (Phi) is 7.01. The van der Waals surface area contributed by atoms with Crippen LogP contribution in [0.1, 0.15) is 31.2 Å². The lowest BCUT2D eigenvalue weighted by Crippen LogP contribution is -2.33. The molecule has 0 unspecified atom stereocenters. The second-order valence-corrected chi connectivity index (χ2v) is 6.87. The smallest absolute Gasteiger partial charge is 0.262 e. The van der Waals surface area contributed by atoms with Gasteiger partial charge >= 0.3 is 0 Å². The number of rotatable bonds is 7. The highest BCUT2D eigenvalue weighted by atomic mass is 16.5. The molecular formula is C23H23N3O3. The molecule has 0 aromatic heterocycles. The summed E-state index contributed by atoms with van der Waals surface area (Å²) in [6.45, 7) is -0.185. The van der Waals surface area contributed by atoms with Gasteiger partial charge < -0.3 is 15.4 Å². The Morgan fingerprint density at radius 1 is 1.07 bits per heavy atom. The average Bonchev–Trinajstić information content (AvgIpc) is 3.25. The van der Waals surface area contributed by atoms with E-state index in [-0.39, 0.29) is 30.0 Å². The van der Waals surface area contributed by atoms with Crippen LogP contribution >= 0.6 is 0 Å². The predicted octanol–water partition coefficient (Wildman–Crippen LogP) is 3.67. The summed E-state index contributed by atoms with van der Waals surface area (Å²) < 4.78 is 5.63. The van der Waals surface area contributed by atoms with E-state index in [9.17, 15) is 14.9 Å². The molecule has 1 saturated carbocycles. The van der Waals surface area contributed by atoms with Gasteiger partial charge in [-0.05, 0) is 37.1 Å². The van der Waals surface area contributed by atoms with Crippen molar-refractivity contribution >= 4 is 23.6 Å². The van der Waals surface area contributed by atoms with Crippen LogP contribution in [0.4, 0.5) is 5.69 Å². The lowest BCUT2D eigenvalue weighted by Gasteiger charge is -2.12. The van der Waals surface area contributed by atoms with Crippen molar-refractivity contribution < 1.29 is 14.3 Å². The maximum absolute atomic E-state index is 12.4. The standard InChI is InChI=1S/C23H23N3O3/c24-15-18(23(28)26-20-11-5-6-12-20)14-17-8-4-7-13-21(17)29-16-22(27)25-19-9-2-1-3-10-19/h1-4,7-10,13-14,20H,5-6,11-12,16H2,(H,25,27)(H,26,28)/b18-14-. The number of amides is 2. The first-order chi connectivity index (χ1) is 14.2. The van der Waals surface area contributed by atoms with Gasteiger partial charge in [0.15, 0.2) is 6.61 Å². The third kappa shape index (κ3) is 5.94. The van der Waals surface area contributed by atoms with Crippen molar-refractivity contribution in [2.45, 2.75) is 31.7 Å². The van der Waals surface area contributed by atoms with E-state index in [4.69, 9.17) is 4.74 Å². The van der Waals surface area contributed by atoms with Crippen LogP contribution in [0.25, 0.3) is 6.08 Å². The van der Waals surface area contributed by atoms with Crippen LogP contribution in [0.5, 0.6) is 5.75 Å². The molecule has 0 heterocycles. The van der Waals surface area contributed by atoms with E-state index in [1.165, 1.54) is 6.08 Å². The minimum Gasteiger partial charge on any atom is -0.483 e. The van der Waals surface area contributed by atoms with Crippen molar-refractivity contribution in [1.29, 1.82) is 5.26 Å². The van der Waals surface area contributed by atoms with Gasteiger partial charge in [-0.1, -0.05) is 49.2 Å². The number of hydrogen-bond acceptors (Lipinski definition) is 4. The van der Waals surface area contributed by atoms with E-state index >= 15 is 0 Å². The highest BCUT2D eigenvalue weighted by Crippen LogP contribution is 2.22. The molecule has 1 aliphatic carbocycles. The quantitative estimate of drug-likeness (QED) is 0.558. The molecule has 3 rings (SSSR count). The third-order valence-electron chi connectivity index (χ3n) is 4.69. The van der Waals surface area contributed by atoms with Gasteiger partial charge in [-0.15, -0.1) is 0 Å². The van der Waals surface area contributed by atoms with Gasteiger partial charge in [0.1, 0.15) is 17.4 Å². The Bertz CT molecular complexity index is 926. The highest BCUT2D eigenvalue weighted by molar-refractivity contribution is 6.02. The van der Waals surface area contributed by atoms with Gasteiger partial charge in [-0.2, -0.15) is 5.26 Å². The number of carbonyl (C=O) groups excluding carboxylic acids is 2. The van der Waals surface area contributed by atoms with E-state index in [0.29, 0.717) is 17.0 Å². The molecule has 2 aromatic carbocycles. The first-order valence-electron chi connectivity index (χ1n) is 9.65. The minimum atomic E-state index is -0.379. The van der Waals surface area contributed by atoms with E-state index in [2.05, 4.69) is 10.6 Å². The molecule has 0 aliphatic heterocycles. The van der Waals surface area contributed by atoms with Crippen LogP contribution < -0.4 is 15.4 Å². The molecular weight excluding hydrogens is 366 g/mol. The molecule has 6 heteroatoms. The SMILES string of the molecule is N#C/C(=C/c1ccccc1OCC(=O)Nc1ccccc1)C(=O)NC1CCCC1. The molecule has 2 N–H and O–H groups in total. The number of carbonyl (C=O) groups is 2. The molecule has 0 bridgehead atoms. The molecule has 2 aromatic rings. The number of nitrogens with zero attached hydrogens (tertiary/aromatic N) is 1. The summed E-state index contributed by atoms with van der Waals surface area (Å²) in [5.74, 6) is -0.248. The highest BCUT2D eigenvalue weighted by Gasteiger charge is 2.19. The Morgan fingerprint density at radius 3 is 2.48 bits per heavy atom. The van der Waals surface area contributed by atoms with Gasteiger partial charge in [0, 0.05) is 17.3 Å². The number of para-hydroxylation sites is 2. The molecule has 1 aliphatic rings. The maximum atomic E-state index is 12.4. The normalized spacial score (nSPS) is 14.1. The first kappa shape index (κ1) is 20.2. The first-order valence-corrected chi connectivity index (χ1v) is 9.65. The van der Waals surface area contributed by atoms with Crippen LogP contribution in [-0.4, -0.2) is 24.5 Å². The van der Waals surface area contributed by atoms with E-state index < -0.39 is 0 Å². The van der Waals surface area contributed by atoms with Crippen LogP contribution in [-0.2, 0) is 9.59 Å². The second kappa shape index (κ2) is 10.1. The van der Waals surface area contributed by atoms with Crippen molar-refractivity contribution in [3.8, 4) is 11.8 Å². The number of ether oxygens (including phenoxy) is 1. The zero-order chi connectivity index (χ0) is 20.5. The molecule has 2 amide bonds. The molecule has 0 radical (unpaired) electrons. The molecule has 6 nitrogen and oxygen atoms in total. The molecule has 148 valence electrons. The van der Waals surface area contributed by atoms with Crippen molar-refractivity contribution in [1.82, 2.24) is 5.32 Å². The maximum Gasteiger partial charge on any atom is 0.262 e. The monoisotopic (exact) mass is 389 g/mol. The summed E-state index contributed by atoms with van der Waals surface area (Å²) in [6.07, 6.45) is 5.58. The topological polar surface area (TPSA) is 91.2 Å². The average molecular weight is 389 g/mol. The largest absolute Gasteiger partial charge is 0.483 e. The third-order valence-corrected chi connectivity index (χ3v) is 4.69. The van der Waals surface area contributed by atoms with Gasteiger partial charge in [0.25, 0.3) is 11.8 Å². The Morgan fingerprint density at radius 2 is 1.76 bits per heavy atom. The van der Waals surface area contributed by atoms with Crippen LogP contribution in [0.15, 0.2) is 60.2 Å². The summed E-state index contributed by atoms with van der Waals surface area (Å²) in [5.41, 5.74) is 1.27. The zero-order valence-corrected chi connectivity index (χ0v) is 16.1. The number of nitrogens with one attached hydrogen (secondary N) is 2. The fraction of sp³-hybridized carbons (Fsp3) is 0.261. The summed E-state index contributed by atoms with van der Waals surface area (Å²) in [7, 11) is 0. The van der Waals surface area contributed by atoms with E-state index in [1.807, 2.05) is 24.3 Å². The van der Waals surface area contributed by atoms with Crippen molar-refractivity contribution in [2.75, 3.05) is 11.9 Å². The van der Waals surface area contributed by atoms with Crippen molar-refractivity contribution in [3.05, 3.63) is 65.7 Å². The Balaban J connectivity index is 1.65. The minimum absolute atomic E-state index is 0.0155. The predicted molar refractivity (Wildman–Crippen MR) is 111 cm³/mol. The van der Waals surface area contributed by atoms with Gasteiger partial charge in [-0.25, -0.2) is 0 Å². The van der Waals surface area contributed by atoms with Crippen LogP contribution in [0, 0.1) is 11.3 Å². The summed E-state index contributed by atoms with van der Waals surface area (Å²) >= 11 is 0. The Hall–Kier alpha value is -3.59. The second-order valence-electron chi connectivity index (χ2n) is 6.87. The van der Waals surface area contributed by atoms with Gasteiger partial charge in [0.05, 0.1) is 0 Å². The Labute approximate surface area is 170 Å². The van der Waals surface area contributed by atoms with Crippen molar-refractivity contribution in [3.63, 3.8) is 0 Å². The lowest BCUT2D eigenvalue weighted by atomic mass is 10.1. The molecule has 29 heavy (non-hydrogen) atoms. The summed E-state index contributed by atoms with van der Waals surface area (Å²) in [6, 6.07) is 18.2. The van der Waals surface area contributed by atoms with Crippen LogP contribution in [0.3, 0.4) is 0 Å². The van der Waals surface area contributed by atoms with Crippen molar-refractivity contribution in [2.24, 2.45) is 0 Å². The number of nitriles is 1. The molecule has 0 saturated heterocycles. The molecule has 0 spiro atoms. The lowest BCUT2D eigenvalue weighted by molar-refractivity contribution is -0.118. The molecule has 0 atom stereocenters. The number of benzene rings is 2. The number of hydrogen-bond donors (Lipinski definition) is 2. The van der Waals surface area contributed by atoms with Gasteiger partial charge in [-0.3, -0.25) is 9.59 Å².